The number of hydrazine groups is 1. The highest BCUT2D eigenvalue weighted by molar-refractivity contribution is 6.30. The number of rotatable bonds is 8. The second-order valence-corrected chi connectivity index (χ2v) is 12.4. The van der Waals surface area contributed by atoms with E-state index in [1.165, 1.54) is 11.1 Å². The number of amides is 1. The van der Waals surface area contributed by atoms with Gasteiger partial charge in [-0.25, -0.2) is 9.99 Å². The van der Waals surface area contributed by atoms with Gasteiger partial charge in [-0.05, 0) is 64.7 Å². The van der Waals surface area contributed by atoms with Gasteiger partial charge >= 0.3 is 0 Å². The number of hydrogen-bond donors (Lipinski definition) is 1. The van der Waals surface area contributed by atoms with Crippen LogP contribution in [0.15, 0.2) is 134 Å². The van der Waals surface area contributed by atoms with E-state index < -0.39 is 0 Å². The van der Waals surface area contributed by atoms with Crippen LogP contribution in [0.25, 0.3) is 11.0 Å². The standard InChI is InChI=1S/C38H33Cl2N5O/c39-32-16-11-29(12-17-32)36(27-7-3-1-4-8-27)43-21-23-44(24-22-43)42-38(46)31-15-20-35-34(25-31)41-26-45(35)37(28-9-5-2-6-10-28)30-13-18-33(40)19-14-30/h1-20,25-26,36-37H,21-24H2,(H,42,46). The predicted molar refractivity (Wildman–Crippen MR) is 185 cm³/mol. The van der Waals surface area contributed by atoms with Gasteiger partial charge in [-0.1, -0.05) is 108 Å². The summed E-state index contributed by atoms with van der Waals surface area (Å²) >= 11 is 12.4. The molecule has 230 valence electrons. The molecule has 2 unspecified atom stereocenters. The van der Waals surface area contributed by atoms with Crippen molar-refractivity contribution in [2.24, 2.45) is 0 Å². The Morgan fingerprint density at radius 2 is 1.15 bits per heavy atom. The van der Waals surface area contributed by atoms with E-state index in [9.17, 15) is 4.79 Å². The number of hydrogen-bond acceptors (Lipinski definition) is 4. The zero-order chi connectivity index (χ0) is 31.5. The Bertz CT molecular complexity index is 1920. The number of imidazole rings is 1. The summed E-state index contributed by atoms with van der Waals surface area (Å²) in [6.45, 7) is 3.02. The molecule has 7 rings (SSSR count). The number of carbonyl (C=O) groups is 1. The molecule has 0 spiro atoms. The van der Waals surface area contributed by atoms with Crippen molar-refractivity contribution in [3.05, 3.63) is 172 Å². The molecule has 0 aliphatic carbocycles. The van der Waals surface area contributed by atoms with Crippen LogP contribution in [-0.4, -0.2) is 51.5 Å². The van der Waals surface area contributed by atoms with E-state index in [4.69, 9.17) is 28.2 Å². The van der Waals surface area contributed by atoms with E-state index in [1.54, 1.807) is 0 Å². The molecule has 2 heterocycles. The van der Waals surface area contributed by atoms with Crippen LogP contribution >= 0.6 is 23.2 Å². The molecule has 1 amide bonds. The van der Waals surface area contributed by atoms with Crippen molar-refractivity contribution >= 4 is 40.1 Å². The first kappa shape index (κ1) is 30.2. The van der Waals surface area contributed by atoms with Gasteiger partial charge in [0.15, 0.2) is 0 Å². The molecular formula is C38H33Cl2N5O. The minimum absolute atomic E-state index is 0.0907. The number of benzene rings is 5. The number of nitrogens with zero attached hydrogens (tertiary/aromatic N) is 4. The molecule has 1 N–H and O–H groups in total. The van der Waals surface area contributed by atoms with Crippen LogP contribution in [0.4, 0.5) is 0 Å². The van der Waals surface area contributed by atoms with Gasteiger partial charge in [0.2, 0.25) is 0 Å². The Morgan fingerprint density at radius 1 is 0.630 bits per heavy atom. The highest BCUT2D eigenvalue weighted by Gasteiger charge is 2.27. The maximum absolute atomic E-state index is 13.4. The van der Waals surface area contributed by atoms with E-state index in [-0.39, 0.29) is 18.0 Å². The summed E-state index contributed by atoms with van der Waals surface area (Å²) in [6, 6.07) is 42.6. The van der Waals surface area contributed by atoms with E-state index in [1.807, 2.05) is 90.2 Å². The summed E-state index contributed by atoms with van der Waals surface area (Å²) in [6.07, 6.45) is 1.85. The third kappa shape index (κ3) is 6.43. The minimum atomic E-state index is -0.139. The summed E-state index contributed by atoms with van der Waals surface area (Å²) < 4.78 is 2.15. The zero-order valence-corrected chi connectivity index (χ0v) is 26.6. The first-order valence-electron chi connectivity index (χ1n) is 15.4. The number of halogens is 2. The summed E-state index contributed by atoms with van der Waals surface area (Å²) in [5.74, 6) is -0.139. The molecule has 1 aliphatic heterocycles. The molecule has 46 heavy (non-hydrogen) atoms. The van der Waals surface area contributed by atoms with Gasteiger partial charge in [-0.2, -0.15) is 0 Å². The molecule has 6 aromatic rings. The number of fused-ring (bicyclic) bond motifs is 1. The van der Waals surface area contributed by atoms with Crippen LogP contribution in [0.5, 0.6) is 0 Å². The Hall–Kier alpha value is -4.46. The van der Waals surface area contributed by atoms with Gasteiger partial charge < -0.3 is 4.57 Å². The van der Waals surface area contributed by atoms with Crippen LogP contribution < -0.4 is 5.43 Å². The Morgan fingerprint density at radius 3 is 1.74 bits per heavy atom. The Labute approximate surface area is 278 Å². The Kier molecular flexibility index (Phi) is 8.86. The van der Waals surface area contributed by atoms with E-state index in [0.717, 1.165) is 40.3 Å². The van der Waals surface area contributed by atoms with Crippen molar-refractivity contribution < 1.29 is 4.79 Å². The normalized spacial score (nSPS) is 15.4. The lowest BCUT2D eigenvalue weighted by Crippen LogP contribution is -2.54. The summed E-state index contributed by atoms with van der Waals surface area (Å²) in [5, 5.41) is 3.43. The van der Waals surface area contributed by atoms with Crippen LogP contribution in [-0.2, 0) is 0 Å². The van der Waals surface area contributed by atoms with Crippen molar-refractivity contribution in [1.29, 1.82) is 0 Å². The fourth-order valence-corrected chi connectivity index (χ4v) is 6.62. The fourth-order valence-electron chi connectivity index (χ4n) is 6.37. The molecule has 2 atom stereocenters. The van der Waals surface area contributed by atoms with Crippen LogP contribution in [0, 0.1) is 0 Å². The monoisotopic (exact) mass is 645 g/mol. The molecule has 8 heteroatoms. The second kappa shape index (κ2) is 13.5. The number of carbonyl (C=O) groups excluding carboxylic acids is 1. The Balaban J connectivity index is 1.06. The summed E-state index contributed by atoms with van der Waals surface area (Å²) in [7, 11) is 0. The largest absolute Gasteiger partial charge is 0.319 e. The predicted octanol–water partition coefficient (Wildman–Crippen LogP) is 8.03. The molecule has 0 radical (unpaired) electrons. The highest BCUT2D eigenvalue weighted by Crippen LogP contribution is 2.32. The lowest BCUT2D eigenvalue weighted by Gasteiger charge is -2.39. The van der Waals surface area contributed by atoms with Gasteiger partial charge in [0, 0.05) is 41.8 Å². The molecule has 1 fully saturated rings. The lowest BCUT2D eigenvalue weighted by molar-refractivity contribution is 0.0554. The third-order valence-corrected chi connectivity index (χ3v) is 9.16. The average Bonchev–Trinajstić information content (AvgIpc) is 3.51. The van der Waals surface area contributed by atoms with Crippen molar-refractivity contribution in [3.8, 4) is 0 Å². The van der Waals surface area contributed by atoms with E-state index in [0.29, 0.717) is 23.7 Å². The lowest BCUT2D eigenvalue weighted by atomic mass is 9.96. The van der Waals surface area contributed by atoms with Gasteiger partial charge in [0.25, 0.3) is 5.91 Å². The minimum Gasteiger partial charge on any atom is -0.319 e. The van der Waals surface area contributed by atoms with Gasteiger partial charge in [0.1, 0.15) is 0 Å². The zero-order valence-electron chi connectivity index (χ0n) is 25.1. The third-order valence-electron chi connectivity index (χ3n) is 8.66. The van der Waals surface area contributed by atoms with E-state index in [2.05, 4.69) is 63.4 Å². The fraction of sp³-hybridized carbons (Fsp3) is 0.158. The highest BCUT2D eigenvalue weighted by atomic mass is 35.5. The van der Waals surface area contributed by atoms with Crippen molar-refractivity contribution in [1.82, 2.24) is 24.9 Å². The molecule has 1 aromatic heterocycles. The van der Waals surface area contributed by atoms with Crippen LogP contribution in [0.3, 0.4) is 0 Å². The maximum Gasteiger partial charge on any atom is 0.265 e. The molecule has 6 nitrogen and oxygen atoms in total. The summed E-state index contributed by atoms with van der Waals surface area (Å²) in [5.41, 5.74) is 10.1. The first-order chi connectivity index (χ1) is 22.5. The number of piperazine rings is 1. The van der Waals surface area contributed by atoms with Crippen molar-refractivity contribution in [3.63, 3.8) is 0 Å². The average molecular weight is 647 g/mol. The quantitative estimate of drug-likeness (QED) is 0.182. The van der Waals surface area contributed by atoms with Crippen LogP contribution in [0.1, 0.15) is 44.7 Å². The molecular weight excluding hydrogens is 613 g/mol. The maximum atomic E-state index is 13.4. The van der Waals surface area contributed by atoms with Gasteiger partial charge in [-0.15, -0.1) is 0 Å². The van der Waals surface area contributed by atoms with Gasteiger partial charge in [-0.3, -0.25) is 15.1 Å². The molecule has 5 aromatic carbocycles. The SMILES string of the molecule is O=C(NN1CCN(C(c2ccccc2)c2ccc(Cl)cc2)CC1)c1ccc2c(c1)ncn2C(c1ccccc1)c1ccc(Cl)cc1. The smallest absolute Gasteiger partial charge is 0.265 e. The van der Waals surface area contributed by atoms with Crippen LogP contribution in [0.2, 0.25) is 10.0 Å². The molecule has 0 bridgehead atoms. The summed E-state index contributed by atoms with van der Waals surface area (Å²) in [4.78, 5) is 20.6. The first-order valence-corrected chi connectivity index (χ1v) is 16.2. The van der Waals surface area contributed by atoms with Crippen molar-refractivity contribution in [2.75, 3.05) is 26.2 Å². The molecule has 1 saturated heterocycles. The topological polar surface area (TPSA) is 53.4 Å². The van der Waals surface area contributed by atoms with Gasteiger partial charge in [0.05, 0.1) is 29.4 Å². The van der Waals surface area contributed by atoms with Crippen molar-refractivity contribution in [2.45, 2.75) is 12.1 Å². The number of aromatic nitrogens is 2. The van der Waals surface area contributed by atoms with E-state index >= 15 is 0 Å². The molecule has 0 saturated carbocycles. The second-order valence-electron chi connectivity index (χ2n) is 11.5. The number of nitrogens with one attached hydrogen (secondary N) is 1. The molecule has 1 aliphatic rings.